The number of aliphatic hydroxyl groups is 2. The summed E-state index contributed by atoms with van der Waals surface area (Å²) >= 11 is 1.35. The van der Waals surface area contributed by atoms with E-state index in [4.69, 9.17) is 11.5 Å². The van der Waals surface area contributed by atoms with Crippen molar-refractivity contribution < 1.29 is 68.4 Å². The number of nitrogens with one attached hydrogen (secondary N) is 8. The van der Waals surface area contributed by atoms with Gasteiger partial charge in [0.05, 0.1) is 12.7 Å². The van der Waals surface area contributed by atoms with E-state index in [9.17, 15) is 68.4 Å². The minimum Gasteiger partial charge on any atom is -0.481 e. The van der Waals surface area contributed by atoms with E-state index in [2.05, 4.69) is 42.5 Å². The predicted octanol–water partition coefficient (Wildman–Crippen LogP) is -3.23. The Morgan fingerprint density at radius 3 is 1.40 bits per heavy atom. The van der Waals surface area contributed by atoms with Gasteiger partial charge in [-0.2, -0.15) is 11.8 Å². The molecule has 0 aliphatic carbocycles. The molecule has 0 radical (unpaired) electrons. The first-order chi connectivity index (χ1) is 31.2. The average molecular weight is 977 g/mol. The molecule has 0 unspecified atom stereocenters. The number of hydrogen-bond donors (Lipinski definition) is 14. The Morgan fingerprint density at radius 1 is 0.537 bits per heavy atom. The van der Waals surface area contributed by atoms with Gasteiger partial charge in [-0.15, -0.1) is 0 Å². The van der Waals surface area contributed by atoms with Crippen LogP contribution in [0.3, 0.4) is 0 Å². The molecule has 0 aromatic carbocycles. The van der Waals surface area contributed by atoms with E-state index >= 15 is 0 Å². The van der Waals surface area contributed by atoms with Crippen LogP contribution in [0.15, 0.2) is 0 Å². The van der Waals surface area contributed by atoms with Crippen molar-refractivity contribution >= 4 is 71.0 Å². The molecule has 0 saturated heterocycles. The molecular formula is C42H76N10O14S. The first-order valence-electron chi connectivity index (χ1n) is 22.3. The van der Waals surface area contributed by atoms with Gasteiger partial charge in [0, 0.05) is 6.42 Å². The molecule has 0 rings (SSSR count). The van der Waals surface area contributed by atoms with Gasteiger partial charge in [-0.25, -0.2) is 4.79 Å². The molecule has 10 atom stereocenters. The molecule has 0 aromatic heterocycles. The summed E-state index contributed by atoms with van der Waals surface area (Å²) < 4.78 is 0. The number of aliphatic hydroxyl groups excluding tert-OH is 2. The lowest BCUT2D eigenvalue weighted by Crippen LogP contribution is -2.61. The second-order valence-corrected chi connectivity index (χ2v) is 18.4. The van der Waals surface area contributed by atoms with Crippen molar-refractivity contribution in [1.29, 1.82) is 0 Å². The van der Waals surface area contributed by atoms with E-state index in [0.717, 1.165) is 0 Å². The molecule has 384 valence electrons. The van der Waals surface area contributed by atoms with E-state index in [1.807, 2.05) is 0 Å². The maximum atomic E-state index is 13.9. The topological polar surface area (TPSA) is 400 Å². The first-order valence-corrected chi connectivity index (χ1v) is 23.7. The van der Waals surface area contributed by atoms with Crippen molar-refractivity contribution in [2.45, 2.75) is 161 Å². The van der Waals surface area contributed by atoms with Gasteiger partial charge < -0.3 is 74.4 Å². The normalized spacial score (nSPS) is 15.8. The highest BCUT2D eigenvalue weighted by Gasteiger charge is 2.36. The Hall–Kier alpha value is -5.11. The first kappa shape index (κ1) is 61.9. The quantitative estimate of drug-likeness (QED) is 0.0288. The van der Waals surface area contributed by atoms with Gasteiger partial charge in [0.2, 0.25) is 47.3 Å². The Labute approximate surface area is 396 Å². The lowest BCUT2D eigenvalue weighted by Gasteiger charge is -2.29. The van der Waals surface area contributed by atoms with Crippen molar-refractivity contribution in [2.24, 2.45) is 29.2 Å². The Balaban J connectivity index is 6.35. The monoisotopic (exact) mass is 977 g/mol. The third kappa shape index (κ3) is 23.5. The molecule has 0 aliphatic heterocycles. The number of nitrogens with two attached hydrogens (primary N) is 2. The number of unbranched alkanes of at least 4 members (excludes halogenated alkanes) is 1. The Morgan fingerprint density at radius 2 is 0.970 bits per heavy atom. The van der Waals surface area contributed by atoms with Crippen LogP contribution in [-0.2, 0) is 47.9 Å². The summed E-state index contributed by atoms with van der Waals surface area (Å²) in [5.41, 5.74) is 11.3. The molecule has 0 bridgehead atoms. The lowest BCUT2D eigenvalue weighted by atomic mass is 9.99. The van der Waals surface area contributed by atoms with Gasteiger partial charge in [-0.1, -0.05) is 41.5 Å². The van der Waals surface area contributed by atoms with E-state index in [-0.39, 0.29) is 31.7 Å². The molecule has 25 heteroatoms. The number of thioether (sulfide) groups is 1. The van der Waals surface area contributed by atoms with Crippen LogP contribution in [0.5, 0.6) is 0 Å². The molecular weight excluding hydrogens is 901 g/mol. The van der Waals surface area contributed by atoms with Crippen LogP contribution in [0.2, 0.25) is 0 Å². The smallest absolute Gasteiger partial charge is 0.326 e. The summed E-state index contributed by atoms with van der Waals surface area (Å²) in [5.74, 6) is -10.6. The molecule has 0 fully saturated rings. The maximum absolute atomic E-state index is 13.9. The molecule has 0 spiro atoms. The van der Waals surface area contributed by atoms with Crippen molar-refractivity contribution in [2.75, 3.05) is 25.2 Å². The third-order valence-corrected chi connectivity index (χ3v) is 11.0. The predicted molar refractivity (Wildman–Crippen MR) is 247 cm³/mol. The fraction of sp³-hybridized carbons (Fsp3) is 0.762. The highest BCUT2D eigenvalue weighted by atomic mass is 32.2. The zero-order chi connectivity index (χ0) is 51.7. The van der Waals surface area contributed by atoms with Crippen molar-refractivity contribution in [1.82, 2.24) is 42.5 Å². The van der Waals surface area contributed by atoms with Crippen LogP contribution in [0, 0.1) is 17.8 Å². The van der Waals surface area contributed by atoms with Gasteiger partial charge in [0.25, 0.3) is 0 Å². The molecule has 0 heterocycles. The van der Waals surface area contributed by atoms with Crippen LogP contribution >= 0.6 is 11.8 Å². The SMILES string of the molecule is CSCC[C@H](NC(=O)[C@H](C)NC(=O)[C@@H](N)[C@@H](C)O)C(=O)N[C@@H](CO)C(=O)N[C@H](C(=O)N[C@@H](CCCCN)C(=O)N[C@@H](CCC(=O)O)C(=O)N[C@H](C(=O)N[C@@H](CC(C)C)C(=O)O)C(C)C)C(C)C. The van der Waals surface area contributed by atoms with Crippen LogP contribution < -0.4 is 54.0 Å². The van der Waals surface area contributed by atoms with E-state index in [1.54, 1.807) is 47.8 Å². The molecule has 0 aliphatic rings. The summed E-state index contributed by atoms with van der Waals surface area (Å²) in [6, 6.07) is -12.3. The largest absolute Gasteiger partial charge is 0.481 e. The number of hydrogen-bond acceptors (Lipinski definition) is 15. The fourth-order valence-corrected chi connectivity index (χ4v) is 6.70. The Bertz CT molecular complexity index is 1670. The molecule has 0 saturated carbocycles. The Kier molecular flexibility index (Phi) is 29.4. The summed E-state index contributed by atoms with van der Waals surface area (Å²) in [6.45, 7) is 11.7. The van der Waals surface area contributed by atoms with Gasteiger partial charge in [0.15, 0.2) is 0 Å². The van der Waals surface area contributed by atoms with E-state index in [0.29, 0.717) is 18.6 Å². The minimum atomic E-state index is -1.64. The number of carbonyl (C=O) groups excluding carboxylic acids is 8. The van der Waals surface area contributed by atoms with Gasteiger partial charge in [-0.05, 0) is 88.7 Å². The number of aliphatic carboxylic acids is 2. The second-order valence-electron chi connectivity index (χ2n) is 17.4. The van der Waals surface area contributed by atoms with Crippen molar-refractivity contribution in [3.8, 4) is 0 Å². The standard InChI is InChI=1S/C42H76N10O14S/c1-20(2)18-28(42(65)66)49-41(64)33(22(5)6)51-37(60)26(13-14-30(55)56)47-35(58)25(12-10-11-16-43)48-40(63)32(21(3)4)52-38(61)29(19-53)50-36(59)27(15-17-67-9)46-34(57)23(7)45-39(62)31(44)24(8)54/h20-29,31-33,53-54H,10-19,43-44H2,1-9H3,(H,45,62)(H,46,57)(H,47,58)(H,48,63)(H,49,64)(H,50,59)(H,51,60)(H,52,61)(H,55,56)(H,65,66)/t23-,24+,25-,26-,27-,28-,29-,31-,32-,33-/m0/s1. The third-order valence-electron chi connectivity index (χ3n) is 10.3. The lowest BCUT2D eigenvalue weighted by molar-refractivity contribution is -0.143. The number of carboxylic acid groups (broad SMARTS) is 2. The average Bonchev–Trinajstić information content (AvgIpc) is 3.24. The molecule has 0 aromatic rings. The number of amides is 8. The van der Waals surface area contributed by atoms with E-state index < -0.39 is 151 Å². The van der Waals surface area contributed by atoms with Gasteiger partial charge in [0.1, 0.15) is 54.4 Å². The minimum absolute atomic E-state index is 0.0294. The fourth-order valence-electron chi connectivity index (χ4n) is 6.23. The van der Waals surface area contributed by atoms with Crippen LogP contribution in [0.25, 0.3) is 0 Å². The summed E-state index contributed by atoms with van der Waals surface area (Å²) in [7, 11) is 0. The summed E-state index contributed by atoms with van der Waals surface area (Å²) in [5, 5.41) is 58.5. The highest BCUT2D eigenvalue weighted by Crippen LogP contribution is 2.12. The molecule has 67 heavy (non-hydrogen) atoms. The van der Waals surface area contributed by atoms with Crippen LogP contribution in [0.1, 0.15) is 100 Å². The zero-order valence-electron chi connectivity index (χ0n) is 40.0. The van der Waals surface area contributed by atoms with Crippen LogP contribution in [0.4, 0.5) is 0 Å². The number of rotatable bonds is 33. The number of carboxylic acids is 2. The van der Waals surface area contributed by atoms with E-state index in [1.165, 1.54) is 25.6 Å². The summed E-state index contributed by atoms with van der Waals surface area (Å²) in [4.78, 5) is 130. The molecule has 16 N–H and O–H groups in total. The van der Waals surface area contributed by atoms with Gasteiger partial charge >= 0.3 is 11.9 Å². The maximum Gasteiger partial charge on any atom is 0.326 e. The van der Waals surface area contributed by atoms with Crippen LogP contribution in [-0.4, -0.2) is 165 Å². The highest BCUT2D eigenvalue weighted by molar-refractivity contribution is 7.98. The second kappa shape index (κ2) is 31.8. The van der Waals surface area contributed by atoms with Crippen molar-refractivity contribution in [3.05, 3.63) is 0 Å². The zero-order valence-corrected chi connectivity index (χ0v) is 40.8. The molecule has 8 amide bonds. The van der Waals surface area contributed by atoms with Gasteiger partial charge in [-0.3, -0.25) is 43.2 Å². The summed E-state index contributed by atoms with van der Waals surface area (Å²) in [6.07, 6.45) is 0.346. The van der Waals surface area contributed by atoms with Crippen molar-refractivity contribution in [3.63, 3.8) is 0 Å². The number of carbonyl (C=O) groups is 10. The molecule has 24 nitrogen and oxygen atoms in total.